The van der Waals surface area contributed by atoms with E-state index in [2.05, 4.69) is 10.1 Å². The van der Waals surface area contributed by atoms with E-state index in [1.54, 1.807) is 20.8 Å². The third-order valence-corrected chi connectivity index (χ3v) is 2.43. The molecule has 21 heavy (non-hydrogen) atoms. The van der Waals surface area contributed by atoms with Gasteiger partial charge in [-0.2, -0.15) is 13.2 Å². The van der Waals surface area contributed by atoms with E-state index in [0.29, 0.717) is 0 Å². The van der Waals surface area contributed by atoms with Crippen LogP contribution in [0.25, 0.3) is 0 Å². The predicted molar refractivity (Wildman–Crippen MR) is 69.6 cm³/mol. The minimum atomic E-state index is -4.49. The van der Waals surface area contributed by atoms with Crippen LogP contribution in [0, 0.1) is 5.41 Å². The van der Waals surface area contributed by atoms with Gasteiger partial charge in [0.15, 0.2) is 0 Å². The van der Waals surface area contributed by atoms with Crippen molar-refractivity contribution in [2.24, 2.45) is 5.41 Å². The average Bonchev–Trinajstić information content (AvgIpc) is 2.21. The number of halogens is 3. The van der Waals surface area contributed by atoms with E-state index in [1.165, 1.54) is 6.92 Å². The van der Waals surface area contributed by atoms with Gasteiger partial charge in [-0.1, -0.05) is 0 Å². The topological polar surface area (TPSA) is 64.6 Å². The van der Waals surface area contributed by atoms with E-state index < -0.39 is 41.9 Å². The summed E-state index contributed by atoms with van der Waals surface area (Å²) in [5, 5.41) is 2.19. The summed E-state index contributed by atoms with van der Waals surface area (Å²) in [7, 11) is 0. The first kappa shape index (κ1) is 19.5. The number of hydrogen-bond acceptors (Lipinski definition) is 4. The molecular weight excluding hydrogens is 291 g/mol. The molecule has 0 aromatic carbocycles. The first-order valence-electron chi connectivity index (χ1n) is 6.38. The van der Waals surface area contributed by atoms with Crippen molar-refractivity contribution in [1.82, 2.24) is 5.32 Å². The van der Waals surface area contributed by atoms with Gasteiger partial charge in [-0.15, -0.1) is 0 Å². The Hall–Kier alpha value is -1.47. The Morgan fingerprint density at radius 2 is 1.57 bits per heavy atom. The number of rotatable bonds is 4. The second-order valence-corrected chi connectivity index (χ2v) is 6.36. The van der Waals surface area contributed by atoms with Crippen molar-refractivity contribution in [3.63, 3.8) is 0 Å². The van der Waals surface area contributed by atoms with Crippen molar-refractivity contribution in [3.05, 3.63) is 0 Å². The molecule has 1 atom stereocenters. The summed E-state index contributed by atoms with van der Waals surface area (Å²) < 4.78 is 47.3. The number of nitrogens with one attached hydrogen (secondary N) is 1. The van der Waals surface area contributed by atoms with Gasteiger partial charge in [0.1, 0.15) is 18.2 Å². The van der Waals surface area contributed by atoms with E-state index in [0.717, 1.165) is 13.8 Å². The summed E-state index contributed by atoms with van der Waals surface area (Å²) in [5.41, 5.74) is -2.90. The second-order valence-electron chi connectivity index (χ2n) is 6.36. The molecule has 5 nitrogen and oxygen atoms in total. The molecule has 0 rings (SSSR count). The lowest BCUT2D eigenvalue weighted by Gasteiger charge is -2.27. The van der Waals surface area contributed by atoms with Crippen molar-refractivity contribution in [2.45, 2.75) is 59.4 Å². The van der Waals surface area contributed by atoms with Crippen LogP contribution in [0.2, 0.25) is 0 Å². The fraction of sp³-hybridized carbons (Fsp3) is 0.846. The first-order valence-corrected chi connectivity index (χ1v) is 6.38. The molecule has 0 heterocycles. The average molecular weight is 313 g/mol. The van der Waals surface area contributed by atoms with Crippen LogP contribution in [-0.2, 0) is 14.3 Å². The Morgan fingerprint density at radius 1 is 1.10 bits per heavy atom. The van der Waals surface area contributed by atoms with Crippen LogP contribution >= 0.6 is 0 Å². The van der Waals surface area contributed by atoms with Gasteiger partial charge in [-0.05, 0) is 41.5 Å². The Balaban J connectivity index is 4.39. The van der Waals surface area contributed by atoms with Crippen molar-refractivity contribution in [3.8, 4) is 0 Å². The Bertz CT molecular complexity index is 386. The zero-order chi connectivity index (χ0) is 17.1. The van der Waals surface area contributed by atoms with Crippen LogP contribution in [0.1, 0.15) is 41.5 Å². The number of amides is 1. The number of carbonyl (C=O) groups is 2. The van der Waals surface area contributed by atoms with Gasteiger partial charge < -0.3 is 14.8 Å². The molecule has 8 heteroatoms. The quantitative estimate of drug-likeness (QED) is 0.810. The van der Waals surface area contributed by atoms with Crippen molar-refractivity contribution >= 4 is 12.1 Å². The molecule has 0 aromatic rings. The van der Waals surface area contributed by atoms with Gasteiger partial charge in [0.05, 0.1) is 5.41 Å². The highest BCUT2D eigenvalue weighted by atomic mass is 19.4. The predicted octanol–water partition coefficient (Wildman–Crippen LogP) is 3.03. The van der Waals surface area contributed by atoms with Crippen LogP contribution in [0.5, 0.6) is 0 Å². The molecule has 1 amide bonds. The largest absolute Gasteiger partial charge is 0.463 e. The van der Waals surface area contributed by atoms with Gasteiger partial charge in [0, 0.05) is 0 Å². The van der Waals surface area contributed by atoms with Gasteiger partial charge in [-0.25, -0.2) is 9.59 Å². The Morgan fingerprint density at radius 3 is 1.95 bits per heavy atom. The first-order chi connectivity index (χ1) is 9.16. The number of esters is 1. The molecule has 0 fully saturated rings. The number of alkyl carbamates (subject to hydrolysis) is 1. The minimum absolute atomic E-state index is 0.744. The standard InChI is InChI=1S/C13H22F3NO4/c1-8(17-10(19)21-11(2,3)4)9(18)20-7-12(5,6)13(14,15)16/h8H,7H2,1-6H3,(H,17,19). The molecule has 0 aliphatic heterocycles. The lowest BCUT2D eigenvalue weighted by molar-refractivity contribution is -0.226. The third kappa shape index (κ3) is 7.19. The minimum Gasteiger partial charge on any atom is -0.463 e. The molecule has 0 spiro atoms. The van der Waals surface area contributed by atoms with Gasteiger partial charge >= 0.3 is 18.2 Å². The van der Waals surface area contributed by atoms with Crippen molar-refractivity contribution in [2.75, 3.05) is 6.61 Å². The van der Waals surface area contributed by atoms with Crippen molar-refractivity contribution < 1.29 is 32.2 Å². The lowest BCUT2D eigenvalue weighted by atomic mass is 9.94. The zero-order valence-corrected chi connectivity index (χ0v) is 13.1. The molecule has 1 unspecified atom stereocenters. The maximum Gasteiger partial charge on any atom is 0.408 e. The Labute approximate surface area is 122 Å². The molecule has 0 aliphatic rings. The summed E-state index contributed by atoms with van der Waals surface area (Å²) in [4.78, 5) is 23.0. The van der Waals surface area contributed by atoms with Gasteiger partial charge in [-0.3, -0.25) is 0 Å². The normalized spacial score (nSPS) is 14.3. The molecule has 0 radical (unpaired) electrons. The third-order valence-electron chi connectivity index (χ3n) is 2.43. The molecule has 0 bridgehead atoms. The maximum atomic E-state index is 12.6. The van der Waals surface area contributed by atoms with Gasteiger partial charge in [0.2, 0.25) is 0 Å². The van der Waals surface area contributed by atoms with Crippen LogP contribution in [0.3, 0.4) is 0 Å². The van der Waals surface area contributed by atoms with E-state index in [4.69, 9.17) is 4.74 Å². The SMILES string of the molecule is CC(NC(=O)OC(C)(C)C)C(=O)OCC(C)(C)C(F)(F)F. The molecule has 0 saturated carbocycles. The number of hydrogen-bond donors (Lipinski definition) is 1. The fourth-order valence-electron chi connectivity index (χ4n) is 1.00. The highest BCUT2D eigenvalue weighted by Crippen LogP contribution is 2.37. The van der Waals surface area contributed by atoms with Crippen LogP contribution in [0.4, 0.5) is 18.0 Å². The number of ether oxygens (including phenoxy) is 2. The summed E-state index contributed by atoms with van der Waals surface area (Å²) in [6, 6.07) is -1.11. The van der Waals surface area contributed by atoms with E-state index in [1.807, 2.05) is 0 Å². The second kappa shape index (κ2) is 6.53. The summed E-state index contributed by atoms with van der Waals surface area (Å²) in [6.45, 7) is 7.24. The summed E-state index contributed by atoms with van der Waals surface area (Å²) in [6.07, 6.45) is -5.34. The highest BCUT2D eigenvalue weighted by Gasteiger charge is 2.48. The highest BCUT2D eigenvalue weighted by molar-refractivity contribution is 5.81. The summed E-state index contributed by atoms with van der Waals surface area (Å²) in [5.74, 6) is -0.960. The zero-order valence-electron chi connectivity index (χ0n) is 13.1. The molecular formula is C13H22F3NO4. The molecule has 0 aromatic heterocycles. The van der Waals surface area contributed by atoms with Crippen LogP contribution < -0.4 is 5.32 Å². The molecule has 124 valence electrons. The lowest BCUT2D eigenvalue weighted by Crippen LogP contribution is -2.44. The number of carbonyl (C=O) groups excluding carboxylic acids is 2. The van der Waals surface area contributed by atoms with E-state index in [-0.39, 0.29) is 0 Å². The number of alkyl halides is 3. The fourth-order valence-corrected chi connectivity index (χ4v) is 1.00. The van der Waals surface area contributed by atoms with Crippen LogP contribution in [0.15, 0.2) is 0 Å². The Kier molecular flexibility index (Phi) is 6.07. The monoisotopic (exact) mass is 313 g/mol. The van der Waals surface area contributed by atoms with Crippen LogP contribution in [-0.4, -0.2) is 36.5 Å². The van der Waals surface area contributed by atoms with E-state index >= 15 is 0 Å². The summed E-state index contributed by atoms with van der Waals surface area (Å²) >= 11 is 0. The van der Waals surface area contributed by atoms with Gasteiger partial charge in [0.25, 0.3) is 0 Å². The maximum absolute atomic E-state index is 12.6. The van der Waals surface area contributed by atoms with Crippen molar-refractivity contribution in [1.29, 1.82) is 0 Å². The molecule has 1 N–H and O–H groups in total. The smallest absolute Gasteiger partial charge is 0.408 e. The van der Waals surface area contributed by atoms with E-state index in [9.17, 15) is 22.8 Å². The molecule has 0 saturated heterocycles. The molecule has 0 aliphatic carbocycles.